The largest absolute Gasteiger partial charge is 0.322 e. The van der Waals surface area contributed by atoms with E-state index in [0.717, 1.165) is 34.1 Å². The number of benzene rings is 1. The molecule has 0 saturated carbocycles. The van der Waals surface area contributed by atoms with Crippen molar-refractivity contribution in [3.05, 3.63) is 75.3 Å². The van der Waals surface area contributed by atoms with Gasteiger partial charge in [-0.05, 0) is 62.5 Å². The van der Waals surface area contributed by atoms with Gasteiger partial charge < -0.3 is 4.98 Å². The van der Waals surface area contributed by atoms with E-state index in [1.807, 2.05) is 31.3 Å². The molecular formula is C21H25N3O. The van der Waals surface area contributed by atoms with E-state index in [4.69, 9.17) is 0 Å². The summed E-state index contributed by atoms with van der Waals surface area (Å²) in [5.74, 6) is 0. The molecule has 1 aromatic carbocycles. The summed E-state index contributed by atoms with van der Waals surface area (Å²) < 4.78 is 0. The third kappa shape index (κ3) is 3.97. The Balaban J connectivity index is 1.78. The fraction of sp³-hybridized carbons (Fsp3) is 0.333. The Morgan fingerprint density at radius 1 is 1.20 bits per heavy atom. The molecule has 0 aliphatic carbocycles. The lowest BCUT2D eigenvalue weighted by molar-refractivity contribution is 0.246. The molecule has 0 fully saturated rings. The molecule has 2 aromatic heterocycles. The van der Waals surface area contributed by atoms with Crippen LogP contribution in [0.1, 0.15) is 29.3 Å². The normalized spacial score (nSPS) is 12.7. The molecule has 0 bridgehead atoms. The Hall–Kier alpha value is -2.46. The number of aryl methyl sites for hydroxylation is 2. The van der Waals surface area contributed by atoms with Crippen molar-refractivity contribution >= 4 is 10.9 Å². The van der Waals surface area contributed by atoms with Crippen LogP contribution in [0.3, 0.4) is 0 Å². The maximum absolute atomic E-state index is 12.4. The zero-order valence-electron chi connectivity index (χ0n) is 15.3. The van der Waals surface area contributed by atoms with Crippen LogP contribution in [0, 0.1) is 13.8 Å². The second-order valence-corrected chi connectivity index (χ2v) is 6.95. The lowest BCUT2D eigenvalue weighted by Gasteiger charge is -2.24. The molecule has 0 amide bonds. The summed E-state index contributed by atoms with van der Waals surface area (Å²) in [7, 11) is 2.06. The minimum atomic E-state index is -0.00818. The molecule has 25 heavy (non-hydrogen) atoms. The van der Waals surface area contributed by atoms with Crippen molar-refractivity contribution in [1.82, 2.24) is 14.9 Å². The van der Waals surface area contributed by atoms with Gasteiger partial charge in [0.2, 0.25) is 0 Å². The molecular weight excluding hydrogens is 310 g/mol. The standard InChI is InChI=1S/C21H25N3O/c1-14-7-8-17-12-18(21(25)23-20(17)10-14)13-24(4)16(3)11-19-15(2)6-5-9-22-19/h5-10,12,16H,11,13H2,1-4H3,(H,23,25)/t16-/m1/s1. The smallest absolute Gasteiger partial charge is 0.252 e. The van der Waals surface area contributed by atoms with Gasteiger partial charge in [-0.1, -0.05) is 18.2 Å². The fourth-order valence-electron chi connectivity index (χ4n) is 3.07. The maximum Gasteiger partial charge on any atom is 0.252 e. The summed E-state index contributed by atoms with van der Waals surface area (Å²) >= 11 is 0. The van der Waals surface area contributed by atoms with Gasteiger partial charge in [-0.15, -0.1) is 0 Å². The number of H-pyrrole nitrogens is 1. The van der Waals surface area contributed by atoms with Gasteiger partial charge in [0, 0.05) is 42.0 Å². The van der Waals surface area contributed by atoms with Crippen LogP contribution < -0.4 is 5.56 Å². The average Bonchev–Trinajstić information content (AvgIpc) is 2.57. The topological polar surface area (TPSA) is 49.0 Å². The van der Waals surface area contributed by atoms with Gasteiger partial charge in [0.05, 0.1) is 0 Å². The molecule has 4 nitrogen and oxygen atoms in total. The van der Waals surface area contributed by atoms with Crippen LogP contribution in [0.4, 0.5) is 0 Å². The molecule has 4 heteroatoms. The quantitative estimate of drug-likeness (QED) is 0.775. The van der Waals surface area contributed by atoms with E-state index in [0.29, 0.717) is 12.6 Å². The zero-order chi connectivity index (χ0) is 18.0. The van der Waals surface area contributed by atoms with Gasteiger partial charge in [0.1, 0.15) is 0 Å². The van der Waals surface area contributed by atoms with Crippen molar-refractivity contribution < 1.29 is 0 Å². The highest BCUT2D eigenvalue weighted by Crippen LogP contribution is 2.15. The minimum absolute atomic E-state index is 0.00818. The summed E-state index contributed by atoms with van der Waals surface area (Å²) in [4.78, 5) is 22.1. The molecule has 0 aliphatic heterocycles. The first-order valence-electron chi connectivity index (χ1n) is 8.67. The van der Waals surface area contributed by atoms with Gasteiger partial charge in [0.15, 0.2) is 0 Å². The molecule has 0 unspecified atom stereocenters. The Morgan fingerprint density at radius 2 is 2.00 bits per heavy atom. The van der Waals surface area contributed by atoms with E-state index < -0.39 is 0 Å². The summed E-state index contributed by atoms with van der Waals surface area (Å²) in [6.45, 7) is 6.91. The van der Waals surface area contributed by atoms with Gasteiger partial charge in [-0.3, -0.25) is 14.7 Å². The monoisotopic (exact) mass is 335 g/mol. The first kappa shape index (κ1) is 17.4. The first-order chi connectivity index (χ1) is 11.9. The van der Waals surface area contributed by atoms with Crippen LogP contribution in [0.5, 0.6) is 0 Å². The van der Waals surface area contributed by atoms with Gasteiger partial charge in [0.25, 0.3) is 5.56 Å². The summed E-state index contributed by atoms with van der Waals surface area (Å²) in [5, 5.41) is 1.07. The number of aromatic nitrogens is 2. The number of hydrogen-bond acceptors (Lipinski definition) is 3. The molecule has 130 valence electrons. The number of fused-ring (bicyclic) bond motifs is 1. The van der Waals surface area contributed by atoms with E-state index in [9.17, 15) is 4.79 Å². The number of aromatic amines is 1. The Bertz CT molecular complexity index is 945. The number of pyridine rings is 2. The van der Waals surface area contributed by atoms with Crippen molar-refractivity contribution in [2.45, 2.75) is 39.8 Å². The minimum Gasteiger partial charge on any atom is -0.322 e. The van der Waals surface area contributed by atoms with Crippen LogP contribution in [-0.2, 0) is 13.0 Å². The van der Waals surface area contributed by atoms with E-state index in [2.05, 4.69) is 54.0 Å². The SMILES string of the molecule is Cc1ccc2cc(CN(C)[C@H](C)Cc3ncccc3C)c(=O)[nH]c2c1. The van der Waals surface area contributed by atoms with Crippen molar-refractivity contribution in [2.24, 2.45) is 0 Å². The maximum atomic E-state index is 12.4. The second-order valence-electron chi connectivity index (χ2n) is 6.95. The Labute approximate surface area is 148 Å². The van der Waals surface area contributed by atoms with E-state index in [1.165, 1.54) is 5.56 Å². The molecule has 3 aromatic rings. The molecule has 3 rings (SSSR count). The van der Waals surface area contributed by atoms with E-state index in [-0.39, 0.29) is 5.56 Å². The second kappa shape index (κ2) is 7.19. The zero-order valence-corrected chi connectivity index (χ0v) is 15.3. The summed E-state index contributed by atoms with van der Waals surface area (Å²) in [6.07, 6.45) is 2.71. The summed E-state index contributed by atoms with van der Waals surface area (Å²) in [5.41, 5.74) is 5.15. The summed E-state index contributed by atoms with van der Waals surface area (Å²) in [6, 6.07) is 12.5. The molecule has 1 N–H and O–H groups in total. The number of hydrogen-bond donors (Lipinski definition) is 1. The highest BCUT2D eigenvalue weighted by Gasteiger charge is 2.14. The molecule has 0 saturated heterocycles. The molecule has 0 spiro atoms. The van der Waals surface area contributed by atoms with Crippen LogP contribution in [0.25, 0.3) is 10.9 Å². The number of likely N-dealkylation sites (N-methyl/N-ethyl adjacent to an activating group) is 1. The van der Waals surface area contributed by atoms with E-state index in [1.54, 1.807) is 0 Å². The van der Waals surface area contributed by atoms with Gasteiger partial charge in [-0.25, -0.2) is 0 Å². The van der Waals surface area contributed by atoms with Crippen LogP contribution >= 0.6 is 0 Å². The highest BCUT2D eigenvalue weighted by atomic mass is 16.1. The predicted molar refractivity (Wildman–Crippen MR) is 103 cm³/mol. The highest BCUT2D eigenvalue weighted by molar-refractivity contribution is 5.79. The van der Waals surface area contributed by atoms with Gasteiger partial charge in [-0.2, -0.15) is 0 Å². The number of rotatable bonds is 5. The van der Waals surface area contributed by atoms with Gasteiger partial charge >= 0.3 is 0 Å². The van der Waals surface area contributed by atoms with Crippen molar-refractivity contribution in [3.8, 4) is 0 Å². The molecule has 1 atom stereocenters. The van der Waals surface area contributed by atoms with Crippen LogP contribution in [0.2, 0.25) is 0 Å². The van der Waals surface area contributed by atoms with E-state index >= 15 is 0 Å². The van der Waals surface area contributed by atoms with Crippen molar-refractivity contribution in [1.29, 1.82) is 0 Å². The fourth-order valence-corrected chi connectivity index (χ4v) is 3.07. The predicted octanol–water partition coefficient (Wildman–Crippen LogP) is 3.60. The third-order valence-electron chi connectivity index (χ3n) is 4.86. The van der Waals surface area contributed by atoms with Crippen molar-refractivity contribution in [2.75, 3.05) is 7.05 Å². The average molecular weight is 335 g/mol. The third-order valence-corrected chi connectivity index (χ3v) is 4.86. The van der Waals surface area contributed by atoms with Crippen LogP contribution in [0.15, 0.2) is 47.4 Å². The molecule has 0 radical (unpaired) electrons. The number of nitrogens with zero attached hydrogens (tertiary/aromatic N) is 2. The lowest BCUT2D eigenvalue weighted by atomic mass is 10.1. The lowest BCUT2D eigenvalue weighted by Crippen LogP contribution is -2.33. The molecule has 0 aliphatic rings. The van der Waals surface area contributed by atoms with Crippen LogP contribution in [-0.4, -0.2) is 28.0 Å². The Kier molecular flexibility index (Phi) is 5.00. The Morgan fingerprint density at radius 3 is 2.76 bits per heavy atom. The molecule has 2 heterocycles. The number of nitrogens with one attached hydrogen (secondary N) is 1. The first-order valence-corrected chi connectivity index (χ1v) is 8.67. The van der Waals surface area contributed by atoms with Crippen molar-refractivity contribution in [3.63, 3.8) is 0 Å².